The maximum absolute atomic E-state index is 4.22. The van der Waals surface area contributed by atoms with Crippen molar-refractivity contribution >= 4 is 11.3 Å². The van der Waals surface area contributed by atoms with Crippen LogP contribution in [0.3, 0.4) is 0 Å². The number of hydrogen-bond acceptors (Lipinski definition) is 5. The lowest BCUT2D eigenvalue weighted by Crippen LogP contribution is -2.12. The van der Waals surface area contributed by atoms with Crippen LogP contribution in [0.1, 0.15) is 10.6 Å². The molecule has 19 heavy (non-hydrogen) atoms. The molecule has 0 spiro atoms. The average molecular weight is 271 g/mol. The number of aromatic amines is 1. The van der Waals surface area contributed by atoms with Crippen LogP contribution in [0, 0.1) is 0 Å². The Kier molecular flexibility index (Phi) is 3.62. The van der Waals surface area contributed by atoms with Gasteiger partial charge in [-0.15, -0.1) is 11.3 Å². The van der Waals surface area contributed by atoms with Gasteiger partial charge in [0.15, 0.2) is 0 Å². The first kappa shape index (κ1) is 12.0. The molecule has 0 fully saturated rings. The predicted molar refractivity (Wildman–Crippen MR) is 74.5 cm³/mol. The second kappa shape index (κ2) is 5.73. The minimum absolute atomic E-state index is 0.679. The van der Waals surface area contributed by atoms with Crippen molar-refractivity contribution in [3.63, 3.8) is 0 Å². The highest BCUT2D eigenvalue weighted by atomic mass is 32.1. The third kappa shape index (κ3) is 2.86. The van der Waals surface area contributed by atoms with Gasteiger partial charge in [0.2, 0.25) is 0 Å². The molecule has 2 heterocycles. The van der Waals surface area contributed by atoms with Crippen LogP contribution in [-0.4, -0.2) is 20.4 Å². The molecule has 2 aromatic heterocycles. The number of rotatable bonds is 5. The number of benzene rings is 1. The van der Waals surface area contributed by atoms with E-state index in [1.54, 1.807) is 11.3 Å². The molecule has 2 N–H and O–H groups in total. The zero-order valence-corrected chi connectivity index (χ0v) is 11.0. The molecule has 3 rings (SSSR count). The van der Waals surface area contributed by atoms with Gasteiger partial charge < -0.3 is 5.32 Å². The highest BCUT2D eigenvalue weighted by Crippen LogP contribution is 2.18. The van der Waals surface area contributed by atoms with Crippen molar-refractivity contribution in [2.24, 2.45) is 0 Å². The van der Waals surface area contributed by atoms with Gasteiger partial charge in [-0.1, -0.05) is 30.3 Å². The van der Waals surface area contributed by atoms with Gasteiger partial charge in [0.05, 0.1) is 5.51 Å². The van der Waals surface area contributed by atoms with Crippen LogP contribution in [-0.2, 0) is 13.1 Å². The molecule has 0 aliphatic rings. The van der Waals surface area contributed by atoms with Gasteiger partial charge >= 0.3 is 0 Å². The summed E-state index contributed by atoms with van der Waals surface area (Å²) in [6.07, 6.45) is 1.87. The Balaban J connectivity index is 1.67. The fourth-order valence-electron chi connectivity index (χ4n) is 1.84. The Labute approximate surface area is 114 Å². The molecule has 0 atom stereocenters. The second-order valence-corrected chi connectivity index (χ2v) is 5.03. The number of aromatic nitrogens is 4. The van der Waals surface area contributed by atoms with Gasteiger partial charge in [-0.05, 0) is 0 Å². The fraction of sp³-hybridized carbons (Fsp3) is 0.154. The van der Waals surface area contributed by atoms with Crippen molar-refractivity contribution in [2.45, 2.75) is 13.1 Å². The van der Waals surface area contributed by atoms with Gasteiger partial charge in [-0.25, -0.2) is 0 Å². The SMILES string of the molecule is c1ccc(-c2n[nH]nc2CNCc2cncs2)cc1. The van der Waals surface area contributed by atoms with Gasteiger partial charge in [-0.3, -0.25) is 4.98 Å². The molecule has 96 valence electrons. The van der Waals surface area contributed by atoms with E-state index in [4.69, 9.17) is 0 Å². The molecule has 1 aromatic carbocycles. The molecule has 0 unspecified atom stereocenters. The molecule has 0 aliphatic heterocycles. The summed E-state index contributed by atoms with van der Waals surface area (Å²) >= 11 is 1.64. The van der Waals surface area contributed by atoms with Gasteiger partial charge in [0, 0.05) is 29.7 Å². The fourth-order valence-corrected chi connectivity index (χ4v) is 2.40. The van der Waals surface area contributed by atoms with Crippen LogP contribution in [0.5, 0.6) is 0 Å². The summed E-state index contributed by atoms with van der Waals surface area (Å²) in [5, 5.41) is 14.5. The Morgan fingerprint density at radius 3 is 2.79 bits per heavy atom. The molecule has 0 aliphatic carbocycles. The van der Waals surface area contributed by atoms with Crippen LogP contribution in [0.2, 0.25) is 0 Å². The third-order valence-electron chi connectivity index (χ3n) is 2.74. The Bertz CT molecular complexity index is 618. The van der Waals surface area contributed by atoms with E-state index < -0.39 is 0 Å². The summed E-state index contributed by atoms with van der Waals surface area (Å²) in [5.41, 5.74) is 4.74. The van der Waals surface area contributed by atoms with Gasteiger partial charge in [-0.2, -0.15) is 15.4 Å². The Morgan fingerprint density at radius 1 is 1.11 bits per heavy atom. The maximum Gasteiger partial charge on any atom is 0.117 e. The topological polar surface area (TPSA) is 66.5 Å². The molecule has 5 nitrogen and oxygen atoms in total. The van der Waals surface area contributed by atoms with Crippen LogP contribution in [0.15, 0.2) is 42.0 Å². The first-order chi connectivity index (χ1) is 9.43. The lowest BCUT2D eigenvalue weighted by Gasteiger charge is -2.02. The zero-order chi connectivity index (χ0) is 12.9. The maximum atomic E-state index is 4.22. The standard InChI is InChI=1S/C13H13N5S/c1-2-4-10(5-3-1)13-12(16-18-17-13)8-14-6-11-7-15-9-19-11/h1-5,7,9,14H,6,8H2,(H,16,17,18). The lowest BCUT2D eigenvalue weighted by molar-refractivity contribution is 0.683. The van der Waals surface area contributed by atoms with E-state index in [0.29, 0.717) is 6.54 Å². The number of H-pyrrole nitrogens is 1. The molecule has 0 saturated heterocycles. The predicted octanol–water partition coefficient (Wildman–Crippen LogP) is 2.22. The molecule has 3 aromatic rings. The van der Waals surface area contributed by atoms with E-state index in [1.165, 1.54) is 4.88 Å². The molecular formula is C13H13N5S. The van der Waals surface area contributed by atoms with Crippen LogP contribution in [0.4, 0.5) is 0 Å². The summed E-state index contributed by atoms with van der Waals surface area (Å²) in [5.74, 6) is 0. The van der Waals surface area contributed by atoms with Crippen LogP contribution < -0.4 is 5.32 Å². The quantitative estimate of drug-likeness (QED) is 0.746. The van der Waals surface area contributed by atoms with E-state index in [9.17, 15) is 0 Å². The van der Waals surface area contributed by atoms with E-state index in [0.717, 1.165) is 23.5 Å². The molecule has 6 heteroatoms. The molecule has 0 bridgehead atoms. The monoisotopic (exact) mass is 271 g/mol. The minimum Gasteiger partial charge on any atom is -0.306 e. The van der Waals surface area contributed by atoms with Crippen molar-refractivity contribution in [1.29, 1.82) is 0 Å². The van der Waals surface area contributed by atoms with Crippen molar-refractivity contribution in [3.8, 4) is 11.3 Å². The molecule has 0 saturated carbocycles. The molecule has 0 amide bonds. The van der Waals surface area contributed by atoms with Crippen molar-refractivity contribution in [3.05, 3.63) is 52.6 Å². The van der Waals surface area contributed by atoms with Crippen molar-refractivity contribution < 1.29 is 0 Å². The van der Waals surface area contributed by atoms with E-state index in [1.807, 2.05) is 42.0 Å². The number of nitrogens with zero attached hydrogens (tertiary/aromatic N) is 3. The summed E-state index contributed by atoms with van der Waals surface area (Å²) < 4.78 is 0. The normalized spacial score (nSPS) is 10.7. The van der Waals surface area contributed by atoms with Gasteiger partial charge in [0.25, 0.3) is 0 Å². The van der Waals surface area contributed by atoms with E-state index in [2.05, 4.69) is 25.7 Å². The first-order valence-electron chi connectivity index (χ1n) is 5.96. The lowest BCUT2D eigenvalue weighted by atomic mass is 10.1. The first-order valence-corrected chi connectivity index (χ1v) is 6.84. The Morgan fingerprint density at radius 2 is 2.00 bits per heavy atom. The highest BCUT2D eigenvalue weighted by Gasteiger charge is 2.09. The smallest absolute Gasteiger partial charge is 0.117 e. The van der Waals surface area contributed by atoms with Crippen LogP contribution in [0.25, 0.3) is 11.3 Å². The number of thiazole rings is 1. The Hall–Kier alpha value is -2.05. The third-order valence-corrected chi connectivity index (χ3v) is 3.52. The van der Waals surface area contributed by atoms with Crippen LogP contribution >= 0.6 is 11.3 Å². The van der Waals surface area contributed by atoms with Crippen molar-refractivity contribution in [1.82, 2.24) is 25.7 Å². The van der Waals surface area contributed by atoms with Gasteiger partial charge in [0.1, 0.15) is 11.4 Å². The largest absolute Gasteiger partial charge is 0.306 e. The van der Waals surface area contributed by atoms with E-state index in [-0.39, 0.29) is 0 Å². The number of nitrogens with one attached hydrogen (secondary N) is 2. The minimum atomic E-state index is 0.679. The average Bonchev–Trinajstić information content (AvgIpc) is 3.11. The summed E-state index contributed by atoms with van der Waals surface area (Å²) in [6, 6.07) is 10.1. The van der Waals surface area contributed by atoms with E-state index >= 15 is 0 Å². The summed E-state index contributed by atoms with van der Waals surface area (Å²) in [6.45, 7) is 1.48. The molecule has 0 radical (unpaired) electrons. The van der Waals surface area contributed by atoms with Crippen molar-refractivity contribution in [2.75, 3.05) is 0 Å². The number of hydrogen-bond donors (Lipinski definition) is 2. The second-order valence-electron chi connectivity index (χ2n) is 4.06. The molecular weight excluding hydrogens is 258 g/mol. The summed E-state index contributed by atoms with van der Waals surface area (Å²) in [4.78, 5) is 5.26. The summed E-state index contributed by atoms with van der Waals surface area (Å²) in [7, 11) is 0. The zero-order valence-electron chi connectivity index (χ0n) is 10.2. The highest BCUT2D eigenvalue weighted by molar-refractivity contribution is 7.09.